The molecule has 1 amide bonds. The predicted molar refractivity (Wildman–Crippen MR) is 70.1 cm³/mol. The minimum atomic E-state index is 0.0748. The van der Waals surface area contributed by atoms with Gasteiger partial charge >= 0.3 is 0 Å². The molecule has 0 heterocycles. The van der Waals surface area contributed by atoms with Gasteiger partial charge in [0.1, 0.15) is 0 Å². The van der Waals surface area contributed by atoms with Crippen molar-refractivity contribution < 1.29 is 4.79 Å². The van der Waals surface area contributed by atoms with E-state index in [0.29, 0.717) is 12.0 Å². The normalized spacial score (nSPS) is 15.7. The topological polar surface area (TPSA) is 29.1 Å². The van der Waals surface area contributed by atoms with E-state index >= 15 is 0 Å². The molecule has 0 radical (unpaired) electrons. The average molecular weight is 231 g/mol. The molecule has 1 aromatic carbocycles. The molecular formula is C15H21NO. The highest BCUT2D eigenvalue weighted by Crippen LogP contribution is 2.18. The summed E-state index contributed by atoms with van der Waals surface area (Å²) in [6, 6.07) is 8.42. The van der Waals surface area contributed by atoms with Gasteiger partial charge in [-0.15, -0.1) is 0 Å². The Labute approximate surface area is 103 Å². The quantitative estimate of drug-likeness (QED) is 0.847. The highest BCUT2D eigenvalue weighted by atomic mass is 16.1. The third-order valence-corrected chi connectivity index (χ3v) is 3.30. The van der Waals surface area contributed by atoms with Crippen LogP contribution < -0.4 is 5.32 Å². The molecule has 2 heteroatoms. The lowest BCUT2D eigenvalue weighted by Crippen LogP contribution is -2.39. The average Bonchev–Trinajstić information content (AvgIpc) is 2.23. The first-order chi connectivity index (χ1) is 8.15. The van der Waals surface area contributed by atoms with Crippen molar-refractivity contribution in [2.45, 2.75) is 45.6 Å². The van der Waals surface area contributed by atoms with Crippen molar-refractivity contribution >= 4 is 5.91 Å². The Hall–Kier alpha value is -1.31. The maximum atomic E-state index is 11.9. The van der Waals surface area contributed by atoms with Crippen LogP contribution >= 0.6 is 0 Å². The molecule has 1 N–H and O–H groups in total. The Morgan fingerprint density at radius 3 is 2.41 bits per heavy atom. The van der Waals surface area contributed by atoms with E-state index in [1.807, 2.05) is 12.1 Å². The van der Waals surface area contributed by atoms with Gasteiger partial charge in [-0.2, -0.15) is 0 Å². The number of hydrogen-bond acceptors (Lipinski definition) is 1. The van der Waals surface area contributed by atoms with Gasteiger partial charge in [0.05, 0.1) is 0 Å². The maximum Gasteiger partial charge on any atom is 0.251 e. The van der Waals surface area contributed by atoms with Crippen molar-refractivity contribution in [3.05, 3.63) is 35.4 Å². The van der Waals surface area contributed by atoms with E-state index in [1.54, 1.807) is 0 Å². The number of nitrogens with one attached hydrogen (secondary N) is 1. The fourth-order valence-electron chi connectivity index (χ4n) is 2.08. The van der Waals surface area contributed by atoms with Crippen LogP contribution in [0.4, 0.5) is 0 Å². The first kappa shape index (κ1) is 12.2. The van der Waals surface area contributed by atoms with Crippen molar-refractivity contribution in [3.63, 3.8) is 0 Å². The largest absolute Gasteiger partial charge is 0.349 e. The second-order valence-electron chi connectivity index (χ2n) is 5.40. The van der Waals surface area contributed by atoms with Gasteiger partial charge < -0.3 is 5.32 Å². The van der Waals surface area contributed by atoms with Crippen molar-refractivity contribution in [1.29, 1.82) is 0 Å². The summed E-state index contributed by atoms with van der Waals surface area (Å²) >= 11 is 0. The number of benzene rings is 1. The Kier molecular flexibility index (Phi) is 3.82. The molecular weight excluding hydrogens is 210 g/mol. The lowest BCUT2D eigenvalue weighted by molar-refractivity contribution is 0.0917. The summed E-state index contributed by atoms with van der Waals surface area (Å²) < 4.78 is 0. The highest BCUT2D eigenvalue weighted by molar-refractivity contribution is 5.94. The summed E-state index contributed by atoms with van der Waals surface area (Å²) in [5.41, 5.74) is 2.09. The van der Waals surface area contributed by atoms with Crippen LogP contribution in [0.3, 0.4) is 0 Å². The Balaban J connectivity index is 1.94. The molecule has 1 aromatic rings. The predicted octanol–water partition coefficient (Wildman–Crippen LogP) is 3.17. The molecule has 92 valence electrons. The summed E-state index contributed by atoms with van der Waals surface area (Å²) in [7, 11) is 0. The van der Waals surface area contributed by atoms with Crippen molar-refractivity contribution in [1.82, 2.24) is 5.32 Å². The smallest absolute Gasteiger partial charge is 0.251 e. The second kappa shape index (κ2) is 5.35. The lowest BCUT2D eigenvalue weighted by atomic mass is 9.93. The van der Waals surface area contributed by atoms with Crippen molar-refractivity contribution in [2.75, 3.05) is 0 Å². The van der Waals surface area contributed by atoms with Gasteiger partial charge in [-0.05, 0) is 49.3 Å². The first-order valence-corrected chi connectivity index (χ1v) is 6.55. The molecule has 1 aliphatic carbocycles. The fraction of sp³-hybridized carbons (Fsp3) is 0.533. The molecule has 0 atom stereocenters. The van der Waals surface area contributed by atoms with Gasteiger partial charge in [0.15, 0.2) is 0 Å². The van der Waals surface area contributed by atoms with Crippen LogP contribution in [0.15, 0.2) is 24.3 Å². The summed E-state index contributed by atoms with van der Waals surface area (Å²) in [5, 5.41) is 3.05. The molecule has 0 unspecified atom stereocenters. The Morgan fingerprint density at radius 1 is 1.29 bits per heavy atom. The van der Waals surface area contributed by atoms with Gasteiger partial charge in [-0.25, -0.2) is 0 Å². The second-order valence-corrected chi connectivity index (χ2v) is 5.40. The van der Waals surface area contributed by atoms with Gasteiger partial charge in [0.25, 0.3) is 5.91 Å². The van der Waals surface area contributed by atoms with Crippen LogP contribution in [-0.2, 0) is 6.42 Å². The molecule has 1 fully saturated rings. The van der Waals surface area contributed by atoms with Gasteiger partial charge in [0, 0.05) is 11.6 Å². The molecule has 0 bridgehead atoms. The number of hydrogen-bond donors (Lipinski definition) is 1. The van der Waals surface area contributed by atoms with E-state index in [-0.39, 0.29) is 5.91 Å². The van der Waals surface area contributed by atoms with E-state index < -0.39 is 0 Å². The summed E-state index contributed by atoms with van der Waals surface area (Å²) in [5.74, 6) is 0.732. The minimum Gasteiger partial charge on any atom is -0.349 e. The van der Waals surface area contributed by atoms with E-state index in [0.717, 1.165) is 24.8 Å². The number of amides is 1. The van der Waals surface area contributed by atoms with Gasteiger partial charge in [-0.1, -0.05) is 26.0 Å². The molecule has 1 saturated carbocycles. The monoisotopic (exact) mass is 231 g/mol. The molecule has 17 heavy (non-hydrogen) atoms. The van der Waals surface area contributed by atoms with Crippen LogP contribution in [0, 0.1) is 5.92 Å². The number of carbonyl (C=O) groups is 1. The van der Waals surface area contributed by atoms with Crippen molar-refractivity contribution in [2.24, 2.45) is 5.92 Å². The van der Waals surface area contributed by atoms with Gasteiger partial charge in [-0.3, -0.25) is 4.79 Å². The van der Waals surface area contributed by atoms with Crippen LogP contribution in [-0.4, -0.2) is 11.9 Å². The zero-order valence-electron chi connectivity index (χ0n) is 10.7. The van der Waals surface area contributed by atoms with Crippen LogP contribution in [0.1, 0.15) is 49.0 Å². The van der Waals surface area contributed by atoms with Crippen LogP contribution in [0.5, 0.6) is 0 Å². The molecule has 0 aromatic heterocycles. The Bertz CT molecular complexity index is 376. The molecule has 0 spiro atoms. The molecule has 0 aliphatic heterocycles. The minimum absolute atomic E-state index is 0.0748. The third-order valence-electron chi connectivity index (χ3n) is 3.30. The number of rotatable bonds is 4. The van der Waals surface area contributed by atoms with Crippen molar-refractivity contribution in [3.8, 4) is 0 Å². The SMILES string of the molecule is CC(C)Cc1ccc(C(=O)NC2CCC2)cc1. The van der Waals surface area contributed by atoms with Crippen LogP contribution in [0.2, 0.25) is 0 Å². The molecule has 2 nitrogen and oxygen atoms in total. The zero-order valence-corrected chi connectivity index (χ0v) is 10.7. The van der Waals surface area contributed by atoms with E-state index in [9.17, 15) is 4.79 Å². The van der Waals surface area contributed by atoms with E-state index in [2.05, 4.69) is 31.3 Å². The molecule has 1 aliphatic rings. The molecule has 2 rings (SSSR count). The van der Waals surface area contributed by atoms with Crippen LogP contribution in [0.25, 0.3) is 0 Å². The maximum absolute atomic E-state index is 11.9. The molecule has 0 saturated heterocycles. The standard InChI is InChI=1S/C15H21NO/c1-11(2)10-12-6-8-13(9-7-12)15(17)16-14-4-3-5-14/h6-9,11,14H,3-5,10H2,1-2H3,(H,16,17). The first-order valence-electron chi connectivity index (χ1n) is 6.55. The fourth-order valence-corrected chi connectivity index (χ4v) is 2.08. The lowest BCUT2D eigenvalue weighted by Gasteiger charge is -2.26. The highest BCUT2D eigenvalue weighted by Gasteiger charge is 2.19. The van der Waals surface area contributed by atoms with E-state index in [4.69, 9.17) is 0 Å². The zero-order chi connectivity index (χ0) is 12.3. The summed E-state index contributed by atoms with van der Waals surface area (Å²) in [6.45, 7) is 4.41. The van der Waals surface area contributed by atoms with Gasteiger partial charge in [0.2, 0.25) is 0 Å². The Morgan fingerprint density at radius 2 is 1.94 bits per heavy atom. The van der Waals surface area contributed by atoms with E-state index in [1.165, 1.54) is 12.0 Å². The summed E-state index contributed by atoms with van der Waals surface area (Å²) in [6.07, 6.45) is 4.59. The summed E-state index contributed by atoms with van der Waals surface area (Å²) in [4.78, 5) is 11.9. The third kappa shape index (κ3) is 3.32. The number of carbonyl (C=O) groups excluding carboxylic acids is 1.